The van der Waals surface area contributed by atoms with Crippen LogP contribution in [0.4, 0.5) is 0 Å². The zero-order valence-electron chi connectivity index (χ0n) is 5.78. The summed E-state index contributed by atoms with van der Waals surface area (Å²) in [6.45, 7) is 1.50. The van der Waals surface area contributed by atoms with Crippen molar-refractivity contribution in [2.75, 3.05) is 19.0 Å². The van der Waals surface area contributed by atoms with E-state index >= 15 is 0 Å². The Morgan fingerprint density at radius 1 is 1.50 bits per heavy atom. The van der Waals surface area contributed by atoms with Gasteiger partial charge in [0.15, 0.2) is 11.1 Å². The van der Waals surface area contributed by atoms with Crippen LogP contribution in [0.15, 0.2) is 0 Å². The van der Waals surface area contributed by atoms with Crippen LogP contribution >= 0.6 is 0 Å². The number of rotatable bonds is 2. The van der Waals surface area contributed by atoms with Crippen LogP contribution in [0.25, 0.3) is 0 Å². The van der Waals surface area contributed by atoms with Gasteiger partial charge in [-0.05, 0) is 18.8 Å². The van der Waals surface area contributed by atoms with Gasteiger partial charge in [-0.3, -0.25) is 0 Å². The molecule has 1 fully saturated rings. The van der Waals surface area contributed by atoms with E-state index < -0.39 is 11.1 Å². The van der Waals surface area contributed by atoms with Gasteiger partial charge < -0.3 is 9.29 Å². The van der Waals surface area contributed by atoms with E-state index in [4.69, 9.17) is 9.29 Å². The Morgan fingerprint density at radius 2 is 2.10 bits per heavy atom. The molecule has 60 valence electrons. The van der Waals surface area contributed by atoms with Crippen molar-refractivity contribution in [1.82, 2.24) is 0 Å². The van der Waals surface area contributed by atoms with Crippen LogP contribution in [0.2, 0.25) is 0 Å². The number of hydrogen-bond acceptors (Lipinski definition) is 2. The normalized spacial score (nSPS) is 24.5. The molecule has 1 rings (SSSR count). The molecule has 3 nitrogen and oxygen atoms in total. The molecule has 0 aromatic rings. The lowest BCUT2D eigenvalue weighted by Crippen LogP contribution is -2.20. The highest BCUT2D eigenvalue weighted by Gasteiger charge is 2.15. The monoisotopic (exact) mass is 164 g/mol. The molecule has 0 bridgehead atoms. The van der Waals surface area contributed by atoms with Gasteiger partial charge in [0.1, 0.15) is 0 Å². The van der Waals surface area contributed by atoms with Crippen molar-refractivity contribution in [3.63, 3.8) is 0 Å². The molecular weight excluding hydrogens is 152 g/mol. The first-order chi connectivity index (χ1) is 4.79. The molecular formula is C6H12O3S. The smallest absolute Gasteiger partial charge is 0.153 e. The molecule has 4 heteroatoms. The van der Waals surface area contributed by atoms with Crippen molar-refractivity contribution >= 4 is 11.1 Å². The van der Waals surface area contributed by atoms with Gasteiger partial charge in [0.05, 0.1) is 5.75 Å². The summed E-state index contributed by atoms with van der Waals surface area (Å²) in [5.41, 5.74) is 0. The van der Waals surface area contributed by atoms with Crippen molar-refractivity contribution in [3.8, 4) is 0 Å². The fourth-order valence-corrected chi connectivity index (χ4v) is 1.85. The van der Waals surface area contributed by atoms with E-state index in [1.807, 2.05) is 0 Å². The Morgan fingerprint density at radius 3 is 2.60 bits per heavy atom. The highest BCUT2D eigenvalue weighted by molar-refractivity contribution is 7.79. The maximum Gasteiger partial charge on any atom is 0.153 e. The molecule has 0 spiro atoms. The SMILES string of the molecule is O=S(O)CC1CCOCC1. The van der Waals surface area contributed by atoms with Gasteiger partial charge in [0, 0.05) is 13.2 Å². The molecule has 1 unspecified atom stereocenters. The Kier molecular flexibility index (Phi) is 3.31. The van der Waals surface area contributed by atoms with Gasteiger partial charge in [-0.25, -0.2) is 4.21 Å². The molecule has 0 radical (unpaired) electrons. The minimum Gasteiger partial charge on any atom is -0.381 e. The van der Waals surface area contributed by atoms with Gasteiger partial charge in [0.2, 0.25) is 0 Å². The summed E-state index contributed by atoms with van der Waals surface area (Å²) in [4.78, 5) is 0. The van der Waals surface area contributed by atoms with E-state index in [1.165, 1.54) is 0 Å². The van der Waals surface area contributed by atoms with Crippen LogP contribution in [0.3, 0.4) is 0 Å². The summed E-state index contributed by atoms with van der Waals surface area (Å²) in [5.74, 6) is 0.822. The third kappa shape index (κ3) is 2.77. The quantitative estimate of drug-likeness (QED) is 0.609. The van der Waals surface area contributed by atoms with Gasteiger partial charge in [-0.15, -0.1) is 0 Å². The first-order valence-electron chi connectivity index (χ1n) is 3.44. The molecule has 1 saturated heterocycles. The molecule has 0 amide bonds. The lowest BCUT2D eigenvalue weighted by Gasteiger charge is -2.19. The Labute approximate surface area is 63.0 Å². The van der Waals surface area contributed by atoms with Crippen molar-refractivity contribution in [2.24, 2.45) is 5.92 Å². The van der Waals surface area contributed by atoms with E-state index in [-0.39, 0.29) is 0 Å². The molecule has 0 aromatic heterocycles. The van der Waals surface area contributed by atoms with E-state index in [9.17, 15) is 4.21 Å². The van der Waals surface area contributed by atoms with Crippen molar-refractivity contribution in [3.05, 3.63) is 0 Å². The molecule has 1 aliphatic heterocycles. The minimum absolute atomic E-state index is 0.402. The summed E-state index contributed by atoms with van der Waals surface area (Å²) in [7, 11) is 0. The predicted molar refractivity (Wildman–Crippen MR) is 39.2 cm³/mol. The van der Waals surface area contributed by atoms with Gasteiger partial charge in [-0.1, -0.05) is 0 Å². The standard InChI is InChI=1S/C6H12O3S/c7-10(8)5-6-1-3-9-4-2-6/h6H,1-5H2,(H,7,8). The molecule has 0 aromatic carbocycles. The summed E-state index contributed by atoms with van der Waals surface area (Å²) in [5, 5.41) is 0. The molecule has 1 heterocycles. The zero-order valence-corrected chi connectivity index (χ0v) is 6.60. The second-order valence-corrected chi connectivity index (χ2v) is 3.52. The Balaban J connectivity index is 2.19. The second kappa shape index (κ2) is 4.05. The first kappa shape index (κ1) is 8.17. The molecule has 0 aliphatic carbocycles. The topological polar surface area (TPSA) is 46.5 Å². The molecule has 0 saturated carbocycles. The maximum atomic E-state index is 10.3. The average Bonchev–Trinajstić information content (AvgIpc) is 1.88. The van der Waals surface area contributed by atoms with Crippen molar-refractivity contribution in [2.45, 2.75) is 12.8 Å². The van der Waals surface area contributed by atoms with Crippen LogP contribution in [0.5, 0.6) is 0 Å². The molecule has 1 aliphatic rings. The zero-order chi connectivity index (χ0) is 7.40. The first-order valence-corrected chi connectivity index (χ1v) is 4.72. The third-order valence-corrected chi connectivity index (χ3v) is 2.48. The molecule has 1 N–H and O–H groups in total. The summed E-state index contributed by atoms with van der Waals surface area (Å²) < 4.78 is 24.0. The van der Waals surface area contributed by atoms with Gasteiger partial charge >= 0.3 is 0 Å². The highest BCUT2D eigenvalue weighted by Crippen LogP contribution is 2.14. The van der Waals surface area contributed by atoms with Crippen LogP contribution in [-0.2, 0) is 15.8 Å². The van der Waals surface area contributed by atoms with Crippen molar-refractivity contribution in [1.29, 1.82) is 0 Å². The second-order valence-electron chi connectivity index (χ2n) is 2.54. The van der Waals surface area contributed by atoms with E-state index in [0.717, 1.165) is 26.1 Å². The number of hydrogen-bond donors (Lipinski definition) is 1. The van der Waals surface area contributed by atoms with Crippen LogP contribution < -0.4 is 0 Å². The Bertz CT molecular complexity index is 120. The molecule has 1 atom stereocenters. The van der Waals surface area contributed by atoms with E-state index in [2.05, 4.69) is 0 Å². The van der Waals surface area contributed by atoms with Crippen LogP contribution in [0.1, 0.15) is 12.8 Å². The lowest BCUT2D eigenvalue weighted by molar-refractivity contribution is 0.0723. The van der Waals surface area contributed by atoms with Crippen LogP contribution in [0, 0.1) is 5.92 Å². The molecule has 10 heavy (non-hydrogen) atoms. The fourth-order valence-electron chi connectivity index (χ4n) is 1.11. The highest BCUT2D eigenvalue weighted by atomic mass is 32.2. The number of ether oxygens (including phenoxy) is 1. The maximum absolute atomic E-state index is 10.3. The summed E-state index contributed by atoms with van der Waals surface area (Å²) in [6.07, 6.45) is 1.87. The third-order valence-electron chi connectivity index (χ3n) is 1.72. The van der Waals surface area contributed by atoms with E-state index in [0.29, 0.717) is 11.7 Å². The minimum atomic E-state index is -1.62. The Hall–Kier alpha value is 0.0700. The summed E-state index contributed by atoms with van der Waals surface area (Å²) >= 11 is -1.62. The fraction of sp³-hybridized carbons (Fsp3) is 1.00. The van der Waals surface area contributed by atoms with Gasteiger partial charge in [0.25, 0.3) is 0 Å². The lowest BCUT2D eigenvalue weighted by atomic mass is 10.0. The van der Waals surface area contributed by atoms with Gasteiger partial charge in [-0.2, -0.15) is 0 Å². The van der Waals surface area contributed by atoms with E-state index in [1.54, 1.807) is 0 Å². The largest absolute Gasteiger partial charge is 0.381 e. The van der Waals surface area contributed by atoms with Crippen LogP contribution in [-0.4, -0.2) is 27.7 Å². The predicted octanol–water partition coefficient (Wildman–Crippen LogP) is 0.635. The van der Waals surface area contributed by atoms with Crippen molar-refractivity contribution < 1.29 is 13.5 Å². The average molecular weight is 164 g/mol. The summed E-state index contributed by atoms with van der Waals surface area (Å²) in [6, 6.07) is 0.